The summed E-state index contributed by atoms with van der Waals surface area (Å²) in [6.45, 7) is 4.37. The van der Waals surface area contributed by atoms with Crippen molar-refractivity contribution >= 4 is 17.3 Å². The standard InChI is InChI=1S/C15H24N4S/c16-15(18-13-3-4-13)17-10-12-5-7-19(8-6-12)11-14-2-1-9-20-14/h1-2,9,12-13H,3-8,10-11H2,(H3,16,17,18). The van der Waals surface area contributed by atoms with Gasteiger partial charge < -0.3 is 11.1 Å². The second kappa shape index (κ2) is 6.59. The number of piperidine rings is 1. The summed E-state index contributed by atoms with van der Waals surface area (Å²) in [6, 6.07) is 4.97. The Morgan fingerprint density at radius 1 is 1.35 bits per heavy atom. The van der Waals surface area contributed by atoms with Gasteiger partial charge in [0.15, 0.2) is 5.96 Å². The SMILES string of the molecule is NC(=NCC1CCN(Cc2cccs2)CC1)NC1CC1. The molecule has 0 amide bonds. The number of nitrogens with one attached hydrogen (secondary N) is 1. The zero-order chi connectivity index (χ0) is 13.8. The highest BCUT2D eigenvalue weighted by atomic mass is 32.1. The Morgan fingerprint density at radius 2 is 2.15 bits per heavy atom. The molecule has 0 aromatic carbocycles. The first-order valence-electron chi connectivity index (χ1n) is 7.61. The zero-order valence-electron chi connectivity index (χ0n) is 11.9. The molecular formula is C15H24N4S. The molecule has 0 atom stereocenters. The van der Waals surface area contributed by atoms with E-state index >= 15 is 0 Å². The summed E-state index contributed by atoms with van der Waals surface area (Å²) in [7, 11) is 0. The van der Waals surface area contributed by atoms with Crippen LogP contribution in [0.5, 0.6) is 0 Å². The lowest BCUT2D eigenvalue weighted by molar-refractivity contribution is 0.182. The van der Waals surface area contributed by atoms with E-state index in [0.29, 0.717) is 17.9 Å². The van der Waals surface area contributed by atoms with Crippen molar-refractivity contribution < 1.29 is 0 Å². The van der Waals surface area contributed by atoms with E-state index in [-0.39, 0.29) is 0 Å². The number of thiophene rings is 1. The Balaban J connectivity index is 1.37. The monoisotopic (exact) mass is 292 g/mol. The average Bonchev–Trinajstić information content (AvgIpc) is 3.12. The molecule has 1 saturated heterocycles. The van der Waals surface area contributed by atoms with E-state index in [9.17, 15) is 0 Å². The van der Waals surface area contributed by atoms with E-state index in [1.807, 2.05) is 11.3 Å². The van der Waals surface area contributed by atoms with Crippen LogP contribution in [0, 0.1) is 5.92 Å². The van der Waals surface area contributed by atoms with Crippen molar-refractivity contribution in [2.75, 3.05) is 19.6 Å². The van der Waals surface area contributed by atoms with Crippen LogP contribution in [0.3, 0.4) is 0 Å². The minimum absolute atomic E-state index is 0.603. The predicted molar refractivity (Wildman–Crippen MR) is 85.0 cm³/mol. The molecule has 2 heterocycles. The van der Waals surface area contributed by atoms with E-state index in [1.54, 1.807) is 0 Å². The first-order valence-corrected chi connectivity index (χ1v) is 8.49. The lowest BCUT2D eigenvalue weighted by atomic mass is 9.97. The van der Waals surface area contributed by atoms with Crippen LogP contribution in [0.25, 0.3) is 0 Å². The van der Waals surface area contributed by atoms with Gasteiger partial charge in [-0.25, -0.2) is 0 Å². The lowest BCUT2D eigenvalue weighted by Gasteiger charge is -2.30. The van der Waals surface area contributed by atoms with E-state index in [2.05, 4.69) is 32.7 Å². The van der Waals surface area contributed by atoms with Crippen molar-refractivity contribution in [3.8, 4) is 0 Å². The molecular weight excluding hydrogens is 268 g/mol. The minimum atomic E-state index is 0.603. The first-order chi connectivity index (χ1) is 9.79. The molecule has 110 valence electrons. The molecule has 0 spiro atoms. The molecule has 0 radical (unpaired) electrons. The van der Waals surface area contributed by atoms with Gasteiger partial charge in [0.05, 0.1) is 0 Å². The normalized spacial score (nSPS) is 22.1. The summed E-state index contributed by atoms with van der Waals surface area (Å²) >= 11 is 1.85. The van der Waals surface area contributed by atoms with E-state index in [4.69, 9.17) is 5.73 Å². The highest BCUT2D eigenvalue weighted by Crippen LogP contribution is 2.21. The maximum atomic E-state index is 5.88. The Morgan fingerprint density at radius 3 is 2.80 bits per heavy atom. The molecule has 3 N–H and O–H groups in total. The maximum Gasteiger partial charge on any atom is 0.188 e. The van der Waals surface area contributed by atoms with Crippen LogP contribution in [-0.4, -0.2) is 36.5 Å². The fourth-order valence-electron chi connectivity index (χ4n) is 2.66. The van der Waals surface area contributed by atoms with Crippen LogP contribution in [0.15, 0.2) is 22.5 Å². The van der Waals surface area contributed by atoms with Crippen molar-refractivity contribution in [2.45, 2.75) is 38.3 Å². The molecule has 4 nitrogen and oxygen atoms in total. The molecule has 2 aliphatic rings. The predicted octanol–water partition coefficient (Wildman–Crippen LogP) is 2.03. The number of guanidine groups is 1. The van der Waals surface area contributed by atoms with Gasteiger partial charge in [0.2, 0.25) is 0 Å². The molecule has 20 heavy (non-hydrogen) atoms. The van der Waals surface area contributed by atoms with Gasteiger partial charge in [0.25, 0.3) is 0 Å². The number of hydrogen-bond acceptors (Lipinski definition) is 3. The number of hydrogen-bond donors (Lipinski definition) is 2. The topological polar surface area (TPSA) is 53.6 Å². The molecule has 3 rings (SSSR count). The average molecular weight is 292 g/mol. The highest BCUT2D eigenvalue weighted by Gasteiger charge is 2.22. The van der Waals surface area contributed by atoms with Gasteiger partial charge in [0.1, 0.15) is 0 Å². The summed E-state index contributed by atoms with van der Waals surface area (Å²) < 4.78 is 0. The fraction of sp³-hybridized carbons (Fsp3) is 0.667. The van der Waals surface area contributed by atoms with E-state index in [1.165, 1.54) is 43.6 Å². The lowest BCUT2D eigenvalue weighted by Crippen LogP contribution is -2.36. The van der Waals surface area contributed by atoms with Crippen molar-refractivity contribution in [2.24, 2.45) is 16.6 Å². The number of nitrogens with zero attached hydrogens (tertiary/aromatic N) is 2. The van der Waals surface area contributed by atoms with Crippen molar-refractivity contribution in [1.82, 2.24) is 10.2 Å². The van der Waals surface area contributed by atoms with Gasteiger partial charge in [-0.3, -0.25) is 9.89 Å². The summed E-state index contributed by atoms with van der Waals surface area (Å²) in [5.74, 6) is 1.35. The van der Waals surface area contributed by atoms with Gasteiger partial charge in [-0.1, -0.05) is 6.07 Å². The van der Waals surface area contributed by atoms with Crippen LogP contribution >= 0.6 is 11.3 Å². The third-order valence-corrected chi connectivity index (χ3v) is 4.98. The molecule has 1 aromatic heterocycles. The van der Waals surface area contributed by atoms with Crippen LogP contribution < -0.4 is 11.1 Å². The Hall–Kier alpha value is -1.07. The molecule has 1 aromatic rings. The quantitative estimate of drug-likeness (QED) is 0.645. The fourth-order valence-corrected chi connectivity index (χ4v) is 3.41. The van der Waals surface area contributed by atoms with Gasteiger partial charge in [-0.2, -0.15) is 0 Å². The second-order valence-corrected chi connectivity index (χ2v) is 6.98. The molecule has 1 saturated carbocycles. The summed E-state index contributed by atoms with van der Waals surface area (Å²) in [4.78, 5) is 8.52. The van der Waals surface area contributed by atoms with Gasteiger partial charge in [-0.05, 0) is 56.1 Å². The summed E-state index contributed by atoms with van der Waals surface area (Å²) in [5, 5.41) is 5.41. The third kappa shape index (κ3) is 4.21. The van der Waals surface area contributed by atoms with E-state index in [0.717, 1.165) is 13.1 Å². The second-order valence-electron chi connectivity index (χ2n) is 5.94. The first kappa shape index (κ1) is 13.9. The van der Waals surface area contributed by atoms with Gasteiger partial charge >= 0.3 is 0 Å². The molecule has 1 aliphatic heterocycles. The van der Waals surface area contributed by atoms with Gasteiger partial charge in [0, 0.05) is 24.0 Å². The zero-order valence-corrected chi connectivity index (χ0v) is 12.7. The van der Waals surface area contributed by atoms with Crippen LogP contribution in [-0.2, 0) is 6.54 Å². The van der Waals surface area contributed by atoms with Gasteiger partial charge in [-0.15, -0.1) is 11.3 Å². The highest BCUT2D eigenvalue weighted by molar-refractivity contribution is 7.09. The Bertz CT molecular complexity index is 431. The van der Waals surface area contributed by atoms with E-state index < -0.39 is 0 Å². The molecule has 0 bridgehead atoms. The van der Waals surface area contributed by atoms with Crippen molar-refractivity contribution in [3.63, 3.8) is 0 Å². The number of aliphatic imine (C=N–C) groups is 1. The number of nitrogens with two attached hydrogens (primary N) is 1. The Labute approximate surface area is 125 Å². The van der Waals surface area contributed by atoms with Crippen molar-refractivity contribution in [1.29, 1.82) is 0 Å². The number of rotatable bonds is 5. The Kier molecular flexibility index (Phi) is 4.58. The molecule has 2 fully saturated rings. The molecule has 0 unspecified atom stereocenters. The van der Waals surface area contributed by atoms with Crippen LogP contribution in [0.1, 0.15) is 30.6 Å². The smallest absolute Gasteiger partial charge is 0.188 e. The maximum absolute atomic E-state index is 5.88. The minimum Gasteiger partial charge on any atom is -0.370 e. The summed E-state index contributed by atoms with van der Waals surface area (Å²) in [5.41, 5.74) is 5.88. The van der Waals surface area contributed by atoms with Crippen LogP contribution in [0.2, 0.25) is 0 Å². The van der Waals surface area contributed by atoms with Crippen molar-refractivity contribution in [3.05, 3.63) is 22.4 Å². The largest absolute Gasteiger partial charge is 0.370 e. The summed E-state index contributed by atoms with van der Waals surface area (Å²) in [6.07, 6.45) is 4.98. The number of likely N-dealkylation sites (tertiary alicyclic amines) is 1. The molecule has 5 heteroatoms. The third-order valence-electron chi connectivity index (χ3n) is 4.12. The van der Waals surface area contributed by atoms with Crippen LogP contribution in [0.4, 0.5) is 0 Å². The molecule has 1 aliphatic carbocycles.